The first kappa shape index (κ1) is 17.7. The maximum atomic E-state index is 13.6. The molecule has 0 bridgehead atoms. The van der Waals surface area contributed by atoms with Crippen LogP contribution in [0.15, 0.2) is 24.4 Å². The summed E-state index contributed by atoms with van der Waals surface area (Å²) in [6.07, 6.45) is -0.492. The Morgan fingerprint density at radius 1 is 1.39 bits per heavy atom. The van der Waals surface area contributed by atoms with E-state index in [0.29, 0.717) is 5.56 Å². The average molecular weight is 361 g/mol. The van der Waals surface area contributed by atoms with Gasteiger partial charge in [0, 0.05) is 22.3 Å². The normalized spacial score (nSPS) is 13.7. The van der Waals surface area contributed by atoms with Gasteiger partial charge in [-0.15, -0.1) is 0 Å². The van der Waals surface area contributed by atoms with E-state index in [2.05, 4.69) is 4.98 Å². The van der Waals surface area contributed by atoms with Crippen LogP contribution in [0.4, 0.5) is 10.2 Å². The number of aromatic nitrogens is 1. The highest BCUT2D eigenvalue weighted by Gasteiger charge is 2.20. The lowest BCUT2D eigenvalue weighted by Crippen LogP contribution is -2.10. The number of nitrogens with two attached hydrogens (primary N) is 1. The maximum Gasteiger partial charge on any atom is 0.166 e. The highest BCUT2D eigenvalue weighted by molar-refractivity contribution is 6.36. The van der Waals surface area contributed by atoms with Crippen molar-refractivity contribution < 1.29 is 19.3 Å². The van der Waals surface area contributed by atoms with Crippen LogP contribution in [-0.2, 0) is 0 Å². The van der Waals surface area contributed by atoms with Crippen LogP contribution in [-0.4, -0.2) is 21.8 Å². The number of pyridine rings is 1. The third-order valence-electron chi connectivity index (χ3n) is 3.25. The van der Waals surface area contributed by atoms with Crippen molar-refractivity contribution in [2.45, 2.75) is 19.1 Å². The second kappa shape index (κ2) is 7.31. The third-order valence-corrected chi connectivity index (χ3v) is 3.96. The molecule has 0 saturated heterocycles. The van der Waals surface area contributed by atoms with Gasteiger partial charge in [-0.2, -0.15) is 0 Å². The molecule has 0 spiro atoms. The number of rotatable bonds is 5. The van der Waals surface area contributed by atoms with Crippen LogP contribution in [0.5, 0.6) is 5.75 Å². The first-order valence-electron chi connectivity index (χ1n) is 6.69. The summed E-state index contributed by atoms with van der Waals surface area (Å²) in [6.45, 7) is 1.16. The molecule has 1 aromatic carbocycles. The predicted octanol–water partition coefficient (Wildman–Crippen LogP) is 3.28. The Morgan fingerprint density at radius 3 is 2.74 bits per heavy atom. The Hall–Kier alpha value is -1.60. The van der Waals surface area contributed by atoms with Gasteiger partial charge in [0.2, 0.25) is 0 Å². The lowest BCUT2D eigenvalue weighted by Gasteiger charge is -2.19. The van der Waals surface area contributed by atoms with Gasteiger partial charge in [0.05, 0.1) is 11.6 Å². The lowest BCUT2D eigenvalue weighted by molar-refractivity contribution is 0.0949. The molecule has 1 heterocycles. The minimum atomic E-state index is -1.11. The van der Waals surface area contributed by atoms with E-state index in [4.69, 9.17) is 38.8 Å². The van der Waals surface area contributed by atoms with E-state index in [1.807, 2.05) is 0 Å². The summed E-state index contributed by atoms with van der Waals surface area (Å²) in [5.41, 5.74) is 6.36. The third kappa shape index (κ3) is 3.84. The van der Waals surface area contributed by atoms with Crippen molar-refractivity contribution in [3.63, 3.8) is 0 Å². The summed E-state index contributed by atoms with van der Waals surface area (Å²) in [6, 6.07) is 3.99. The molecule has 4 N–H and O–H groups in total. The zero-order valence-electron chi connectivity index (χ0n) is 12.1. The van der Waals surface area contributed by atoms with E-state index in [0.717, 1.165) is 6.07 Å². The number of aliphatic hydroxyl groups is 2. The quantitative estimate of drug-likeness (QED) is 0.712. The van der Waals surface area contributed by atoms with Crippen molar-refractivity contribution in [2.75, 3.05) is 12.3 Å². The largest absolute Gasteiger partial charge is 0.482 e. The fraction of sp³-hybridized carbons (Fsp3) is 0.267. The van der Waals surface area contributed by atoms with Crippen LogP contribution in [0, 0.1) is 5.82 Å². The number of hydrogen-bond donors (Lipinski definition) is 3. The highest BCUT2D eigenvalue weighted by atomic mass is 35.5. The first-order valence-corrected chi connectivity index (χ1v) is 7.45. The Kier molecular flexibility index (Phi) is 5.64. The predicted molar refractivity (Wildman–Crippen MR) is 86.2 cm³/mol. The Balaban J connectivity index is 2.34. The van der Waals surface area contributed by atoms with E-state index < -0.39 is 24.6 Å². The molecule has 2 rings (SSSR count). The molecule has 1 unspecified atom stereocenters. The van der Waals surface area contributed by atoms with E-state index >= 15 is 0 Å². The highest BCUT2D eigenvalue weighted by Crippen LogP contribution is 2.36. The summed E-state index contributed by atoms with van der Waals surface area (Å²) in [5, 5.41) is 18.7. The van der Waals surface area contributed by atoms with Gasteiger partial charge in [-0.3, -0.25) is 0 Å². The molecule has 0 saturated carbocycles. The molecule has 1 aromatic heterocycles. The van der Waals surface area contributed by atoms with Crippen molar-refractivity contribution in [2.24, 2.45) is 0 Å². The summed E-state index contributed by atoms with van der Waals surface area (Å²) in [7, 11) is 0. The summed E-state index contributed by atoms with van der Waals surface area (Å²) < 4.78 is 19.3. The number of hydrogen-bond acceptors (Lipinski definition) is 5. The van der Waals surface area contributed by atoms with E-state index in [9.17, 15) is 9.50 Å². The molecule has 0 radical (unpaired) electrons. The van der Waals surface area contributed by atoms with Gasteiger partial charge in [-0.25, -0.2) is 9.37 Å². The van der Waals surface area contributed by atoms with Gasteiger partial charge >= 0.3 is 0 Å². The van der Waals surface area contributed by atoms with Crippen molar-refractivity contribution in [1.82, 2.24) is 4.98 Å². The van der Waals surface area contributed by atoms with E-state index in [1.54, 1.807) is 6.92 Å². The minimum Gasteiger partial charge on any atom is -0.482 e. The topological polar surface area (TPSA) is 88.6 Å². The minimum absolute atomic E-state index is 0.0781. The van der Waals surface area contributed by atoms with Crippen LogP contribution in [0.2, 0.25) is 10.0 Å². The van der Waals surface area contributed by atoms with Crippen molar-refractivity contribution in [3.8, 4) is 5.75 Å². The lowest BCUT2D eigenvalue weighted by atomic mass is 10.1. The summed E-state index contributed by atoms with van der Waals surface area (Å²) in [5.74, 6) is -0.370. The van der Waals surface area contributed by atoms with Crippen LogP contribution in [0.1, 0.15) is 30.3 Å². The molecule has 0 aliphatic heterocycles. The number of ether oxygens (including phenoxy) is 1. The standard InChI is InChI=1S/C15H15Cl2FN2O3/c1-7(13-9(16)2-3-10(18)14(13)17)23-12-4-8(11(22)6-21)5-20-15(12)19/h2-5,7,11,21-22H,6H2,1H3,(H2,19,20)/t7?,11-/m0/s1. The molecule has 0 fully saturated rings. The van der Waals surface area contributed by atoms with Gasteiger partial charge in [-0.05, 0) is 25.1 Å². The number of nitrogen functional groups attached to an aromatic ring is 1. The Bertz CT molecular complexity index is 715. The number of nitrogens with zero attached hydrogens (tertiary/aromatic N) is 1. The van der Waals surface area contributed by atoms with Crippen LogP contribution in [0.3, 0.4) is 0 Å². The van der Waals surface area contributed by atoms with Gasteiger partial charge in [0.25, 0.3) is 0 Å². The molecule has 124 valence electrons. The molecule has 23 heavy (non-hydrogen) atoms. The summed E-state index contributed by atoms with van der Waals surface area (Å²) in [4.78, 5) is 3.90. The van der Waals surface area contributed by atoms with Crippen LogP contribution >= 0.6 is 23.2 Å². The molecular weight excluding hydrogens is 346 g/mol. The fourth-order valence-corrected chi connectivity index (χ4v) is 2.70. The fourth-order valence-electron chi connectivity index (χ4n) is 2.02. The SMILES string of the molecule is CC(Oc1cc([C@@H](O)CO)cnc1N)c1c(Cl)ccc(F)c1Cl. The first-order chi connectivity index (χ1) is 10.8. The molecule has 0 amide bonds. The number of aliphatic hydroxyl groups excluding tert-OH is 2. The van der Waals surface area contributed by atoms with Gasteiger partial charge in [0.15, 0.2) is 11.6 Å². The van der Waals surface area contributed by atoms with Crippen molar-refractivity contribution in [1.29, 1.82) is 0 Å². The second-order valence-electron chi connectivity index (χ2n) is 4.87. The van der Waals surface area contributed by atoms with Crippen molar-refractivity contribution in [3.05, 3.63) is 51.4 Å². The van der Waals surface area contributed by atoms with Crippen LogP contribution < -0.4 is 10.5 Å². The van der Waals surface area contributed by atoms with Gasteiger partial charge < -0.3 is 20.7 Å². The van der Waals surface area contributed by atoms with E-state index in [-0.39, 0.29) is 27.2 Å². The second-order valence-corrected chi connectivity index (χ2v) is 5.65. The molecule has 2 aromatic rings. The number of halogens is 3. The molecule has 5 nitrogen and oxygen atoms in total. The number of benzene rings is 1. The zero-order chi connectivity index (χ0) is 17.1. The van der Waals surface area contributed by atoms with Crippen molar-refractivity contribution >= 4 is 29.0 Å². The molecule has 0 aliphatic rings. The zero-order valence-corrected chi connectivity index (χ0v) is 13.6. The number of anilines is 1. The van der Waals surface area contributed by atoms with E-state index in [1.165, 1.54) is 18.3 Å². The molecule has 0 aliphatic carbocycles. The Morgan fingerprint density at radius 2 is 2.09 bits per heavy atom. The van der Waals surface area contributed by atoms with Gasteiger partial charge in [-0.1, -0.05) is 23.2 Å². The maximum absolute atomic E-state index is 13.6. The Labute approximate surface area is 142 Å². The monoisotopic (exact) mass is 360 g/mol. The van der Waals surface area contributed by atoms with Gasteiger partial charge in [0.1, 0.15) is 18.0 Å². The molecule has 2 atom stereocenters. The molecular formula is C15H15Cl2FN2O3. The molecule has 8 heteroatoms. The summed E-state index contributed by atoms with van der Waals surface area (Å²) >= 11 is 12.0. The smallest absolute Gasteiger partial charge is 0.166 e. The van der Waals surface area contributed by atoms with Crippen LogP contribution in [0.25, 0.3) is 0 Å². The average Bonchev–Trinajstić information content (AvgIpc) is 2.52.